The zero-order valence-electron chi connectivity index (χ0n) is 23.7. The van der Waals surface area contributed by atoms with E-state index in [1.165, 1.54) is 14.0 Å². The van der Waals surface area contributed by atoms with Crippen LogP contribution in [0.3, 0.4) is 0 Å². The van der Waals surface area contributed by atoms with Gasteiger partial charge in [-0.3, -0.25) is 19.1 Å². The molecule has 0 spiro atoms. The maximum Gasteiger partial charge on any atom is 0.433 e. The third-order valence-corrected chi connectivity index (χ3v) is 7.11. The van der Waals surface area contributed by atoms with Gasteiger partial charge in [-0.1, -0.05) is 18.2 Å². The van der Waals surface area contributed by atoms with E-state index in [2.05, 4.69) is 15.7 Å². The predicted octanol–water partition coefficient (Wildman–Crippen LogP) is 5.49. The minimum absolute atomic E-state index is 0.0741. The van der Waals surface area contributed by atoms with Gasteiger partial charge in [0.1, 0.15) is 11.7 Å². The molecule has 0 radical (unpaired) electrons. The molecule has 3 N–H and O–H groups in total. The highest BCUT2D eigenvalue weighted by Crippen LogP contribution is 2.31. The van der Waals surface area contributed by atoms with Crippen LogP contribution in [0, 0.1) is 13.8 Å². The van der Waals surface area contributed by atoms with E-state index in [0.717, 1.165) is 21.7 Å². The van der Waals surface area contributed by atoms with Gasteiger partial charge < -0.3 is 20.3 Å². The number of hydrogen-bond donors (Lipinski definition) is 3. The van der Waals surface area contributed by atoms with Crippen LogP contribution < -0.4 is 10.6 Å². The number of carbonyl (C=O) groups is 3. The van der Waals surface area contributed by atoms with Crippen molar-refractivity contribution in [1.82, 2.24) is 19.7 Å². The standard InChI is InChI=1S/C30H32F3N5O4/c1-17-15-37(25-14-22(29(42)34-4)10-11-23(17)25)19(3)28(41)35-24-13-20(8-9-21(24)6-5-7-27(39)40)16-38-26(30(31,32)33)12-18(2)36-38/h8-15,19H,5-7,16H2,1-4H3,(H,34,42)(H,35,41)(H,39,40). The Labute approximate surface area is 240 Å². The first-order valence-electron chi connectivity index (χ1n) is 13.4. The van der Waals surface area contributed by atoms with E-state index in [0.29, 0.717) is 40.7 Å². The normalized spacial score (nSPS) is 12.4. The maximum atomic E-state index is 13.6. The Bertz CT molecular complexity index is 1650. The van der Waals surface area contributed by atoms with Gasteiger partial charge in [-0.05, 0) is 74.6 Å². The average Bonchev–Trinajstić information content (AvgIpc) is 3.47. The summed E-state index contributed by atoms with van der Waals surface area (Å²) in [5, 5.41) is 19.4. The first-order chi connectivity index (χ1) is 19.8. The van der Waals surface area contributed by atoms with E-state index in [4.69, 9.17) is 5.11 Å². The molecule has 9 nitrogen and oxygen atoms in total. The molecular formula is C30H32F3N5O4. The number of halogens is 3. The number of aliphatic carboxylic acids is 1. The number of carboxylic acids is 1. The molecule has 0 fully saturated rings. The van der Waals surface area contributed by atoms with Crippen LogP contribution in [0.25, 0.3) is 10.9 Å². The van der Waals surface area contributed by atoms with Gasteiger partial charge in [-0.15, -0.1) is 0 Å². The fourth-order valence-electron chi connectivity index (χ4n) is 4.95. The van der Waals surface area contributed by atoms with Crippen molar-refractivity contribution in [3.05, 3.63) is 82.3 Å². The Kier molecular flexibility index (Phi) is 8.74. The monoisotopic (exact) mass is 583 g/mol. The topological polar surface area (TPSA) is 118 Å². The predicted molar refractivity (Wildman–Crippen MR) is 151 cm³/mol. The molecule has 2 amide bonds. The zero-order valence-corrected chi connectivity index (χ0v) is 23.7. The Balaban J connectivity index is 1.66. The van der Waals surface area contributed by atoms with Gasteiger partial charge in [0.15, 0.2) is 0 Å². The van der Waals surface area contributed by atoms with Gasteiger partial charge in [0, 0.05) is 41.8 Å². The van der Waals surface area contributed by atoms with Crippen LogP contribution in [0.15, 0.2) is 48.7 Å². The van der Waals surface area contributed by atoms with Crippen molar-refractivity contribution in [2.75, 3.05) is 12.4 Å². The van der Waals surface area contributed by atoms with Gasteiger partial charge in [-0.2, -0.15) is 18.3 Å². The van der Waals surface area contributed by atoms with Gasteiger partial charge in [0.25, 0.3) is 5.91 Å². The summed E-state index contributed by atoms with van der Waals surface area (Å²) in [6, 6.07) is 10.4. The number of rotatable bonds is 10. The number of nitrogens with one attached hydrogen (secondary N) is 2. The third kappa shape index (κ3) is 6.64. The Morgan fingerprint density at radius 2 is 1.81 bits per heavy atom. The number of hydrogen-bond acceptors (Lipinski definition) is 4. The number of benzene rings is 2. The molecule has 0 bridgehead atoms. The molecule has 0 saturated carbocycles. The molecule has 4 aromatic rings. The summed E-state index contributed by atoms with van der Waals surface area (Å²) in [7, 11) is 1.53. The van der Waals surface area contributed by atoms with Crippen LogP contribution in [0.4, 0.5) is 18.9 Å². The van der Waals surface area contributed by atoms with Gasteiger partial charge in [0.05, 0.1) is 12.2 Å². The van der Waals surface area contributed by atoms with E-state index in [-0.39, 0.29) is 30.5 Å². The van der Waals surface area contributed by atoms with Crippen molar-refractivity contribution in [2.45, 2.75) is 58.8 Å². The summed E-state index contributed by atoms with van der Waals surface area (Å²) < 4.78 is 43.3. The Hall–Kier alpha value is -4.61. The number of amides is 2. The molecule has 1 atom stereocenters. The van der Waals surface area contributed by atoms with Crippen molar-refractivity contribution >= 4 is 34.4 Å². The van der Waals surface area contributed by atoms with E-state index < -0.39 is 23.9 Å². The number of carboxylic acid groups (broad SMARTS) is 1. The van der Waals surface area contributed by atoms with Crippen LogP contribution in [0.5, 0.6) is 0 Å². The average molecular weight is 584 g/mol. The first-order valence-corrected chi connectivity index (χ1v) is 13.4. The second-order valence-corrected chi connectivity index (χ2v) is 10.3. The maximum absolute atomic E-state index is 13.6. The quantitative estimate of drug-likeness (QED) is 0.228. The molecule has 0 aliphatic rings. The summed E-state index contributed by atoms with van der Waals surface area (Å²) >= 11 is 0. The second kappa shape index (κ2) is 12.1. The summed E-state index contributed by atoms with van der Waals surface area (Å²) in [4.78, 5) is 36.8. The smallest absolute Gasteiger partial charge is 0.433 e. The summed E-state index contributed by atoms with van der Waals surface area (Å²) in [6.45, 7) is 4.91. The first kappa shape index (κ1) is 30.4. The summed E-state index contributed by atoms with van der Waals surface area (Å²) in [5.41, 5.74) is 2.91. The number of nitrogens with zero attached hydrogens (tertiary/aromatic N) is 3. The van der Waals surface area contributed by atoms with Gasteiger partial charge >= 0.3 is 12.1 Å². The fraction of sp³-hybridized carbons (Fsp3) is 0.333. The molecule has 2 heterocycles. The zero-order chi connectivity index (χ0) is 30.8. The summed E-state index contributed by atoms with van der Waals surface area (Å²) in [5.74, 6) is -1.60. The van der Waals surface area contributed by atoms with Crippen molar-refractivity contribution < 1.29 is 32.7 Å². The van der Waals surface area contributed by atoms with Crippen molar-refractivity contribution in [1.29, 1.82) is 0 Å². The molecular weight excluding hydrogens is 551 g/mol. The Morgan fingerprint density at radius 1 is 1.07 bits per heavy atom. The molecule has 42 heavy (non-hydrogen) atoms. The molecule has 222 valence electrons. The minimum Gasteiger partial charge on any atom is -0.481 e. The lowest BCUT2D eigenvalue weighted by Gasteiger charge is -2.19. The van der Waals surface area contributed by atoms with Crippen LogP contribution in [-0.4, -0.2) is 44.3 Å². The van der Waals surface area contributed by atoms with E-state index in [1.807, 2.05) is 19.2 Å². The molecule has 0 saturated heterocycles. The fourth-order valence-corrected chi connectivity index (χ4v) is 4.95. The number of aryl methyl sites for hydroxylation is 3. The molecule has 2 aromatic carbocycles. The second-order valence-electron chi connectivity index (χ2n) is 10.3. The minimum atomic E-state index is -4.58. The number of alkyl halides is 3. The molecule has 0 aliphatic carbocycles. The molecule has 4 rings (SSSR count). The molecule has 2 aromatic heterocycles. The number of anilines is 1. The van der Waals surface area contributed by atoms with Gasteiger partial charge in [-0.25, -0.2) is 0 Å². The lowest BCUT2D eigenvalue weighted by molar-refractivity contribution is -0.144. The van der Waals surface area contributed by atoms with Gasteiger partial charge in [0.2, 0.25) is 5.91 Å². The largest absolute Gasteiger partial charge is 0.481 e. The van der Waals surface area contributed by atoms with E-state index >= 15 is 0 Å². The Morgan fingerprint density at radius 3 is 2.48 bits per heavy atom. The summed E-state index contributed by atoms with van der Waals surface area (Å²) in [6.07, 6.45) is -2.18. The van der Waals surface area contributed by atoms with Crippen LogP contribution in [-0.2, 0) is 28.7 Å². The number of fused-ring (bicyclic) bond motifs is 1. The highest BCUT2D eigenvalue weighted by atomic mass is 19.4. The van der Waals surface area contributed by atoms with Crippen molar-refractivity contribution in [3.63, 3.8) is 0 Å². The highest BCUT2D eigenvalue weighted by molar-refractivity contribution is 6.00. The number of aromatic nitrogens is 3. The highest BCUT2D eigenvalue weighted by Gasteiger charge is 2.35. The van der Waals surface area contributed by atoms with Crippen molar-refractivity contribution in [3.8, 4) is 0 Å². The lowest BCUT2D eigenvalue weighted by atomic mass is 10.0. The molecule has 12 heteroatoms. The number of carbonyl (C=O) groups excluding carboxylic acids is 2. The van der Waals surface area contributed by atoms with E-state index in [1.54, 1.807) is 41.8 Å². The van der Waals surface area contributed by atoms with Crippen LogP contribution >= 0.6 is 0 Å². The SMILES string of the molecule is CNC(=O)c1ccc2c(C)cn(C(C)C(=O)Nc3cc(Cn4nc(C)cc4C(F)(F)F)ccc3CCCC(=O)O)c2c1. The van der Waals surface area contributed by atoms with E-state index in [9.17, 15) is 27.6 Å². The molecule has 1 unspecified atom stereocenters. The molecule has 0 aliphatic heterocycles. The lowest BCUT2D eigenvalue weighted by Crippen LogP contribution is -2.24. The third-order valence-electron chi connectivity index (χ3n) is 7.11. The van der Waals surface area contributed by atoms with Crippen LogP contribution in [0.1, 0.15) is 64.2 Å². The van der Waals surface area contributed by atoms with Crippen LogP contribution in [0.2, 0.25) is 0 Å². The van der Waals surface area contributed by atoms with Crippen molar-refractivity contribution in [2.24, 2.45) is 0 Å².